The molecule has 0 heterocycles. The number of hydrogen-bond acceptors (Lipinski definition) is 2. The second kappa shape index (κ2) is 8.02. The minimum absolute atomic E-state index is 0.0699. The lowest BCUT2D eigenvalue weighted by atomic mass is 10.1. The lowest BCUT2D eigenvalue weighted by molar-refractivity contribution is -0.137. The third-order valence-corrected chi connectivity index (χ3v) is 3.59. The number of benzene rings is 1. The van der Waals surface area contributed by atoms with E-state index >= 15 is 0 Å². The molecule has 1 aromatic rings. The number of urea groups is 1. The van der Waals surface area contributed by atoms with E-state index in [4.69, 9.17) is 5.11 Å². The van der Waals surface area contributed by atoms with Crippen molar-refractivity contribution in [1.29, 1.82) is 0 Å². The highest BCUT2D eigenvalue weighted by Crippen LogP contribution is 2.25. The Morgan fingerprint density at radius 3 is 2.33 bits per heavy atom. The van der Waals surface area contributed by atoms with E-state index in [9.17, 15) is 9.59 Å². The number of carbonyl (C=O) groups excluding carboxylic acids is 1. The molecule has 1 unspecified atom stereocenters. The smallest absolute Gasteiger partial charge is 0.319 e. The molecule has 0 aliphatic heterocycles. The molecule has 0 aromatic heterocycles. The molecular weight excluding hydrogens is 336 g/mol. The van der Waals surface area contributed by atoms with Gasteiger partial charge in [-0.2, -0.15) is 0 Å². The molecule has 0 aliphatic carbocycles. The molecule has 2 amide bonds. The zero-order chi connectivity index (χ0) is 16.0. The fourth-order valence-electron chi connectivity index (χ4n) is 2.23. The zero-order valence-corrected chi connectivity index (χ0v) is 14.1. The minimum Gasteiger partial charge on any atom is -0.481 e. The molecule has 6 heteroatoms. The lowest BCUT2D eigenvalue weighted by Gasteiger charge is -2.18. The average molecular weight is 357 g/mol. The zero-order valence-electron chi connectivity index (χ0n) is 12.5. The topological polar surface area (TPSA) is 78.4 Å². The number of halogens is 1. The lowest BCUT2D eigenvalue weighted by Crippen LogP contribution is -2.39. The maximum absolute atomic E-state index is 12.0. The summed E-state index contributed by atoms with van der Waals surface area (Å²) in [5.41, 5.74) is 2.64. The number of anilines is 1. The van der Waals surface area contributed by atoms with Crippen LogP contribution >= 0.6 is 15.9 Å². The van der Waals surface area contributed by atoms with Crippen LogP contribution < -0.4 is 10.6 Å². The van der Waals surface area contributed by atoms with Gasteiger partial charge in [0, 0.05) is 16.2 Å². The van der Waals surface area contributed by atoms with Crippen molar-refractivity contribution in [3.8, 4) is 0 Å². The van der Waals surface area contributed by atoms with Crippen molar-refractivity contribution in [3.63, 3.8) is 0 Å². The minimum atomic E-state index is -0.912. The summed E-state index contributed by atoms with van der Waals surface area (Å²) in [6, 6.07) is 3.11. The van der Waals surface area contributed by atoms with Crippen molar-refractivity contribution in [2.45, 2.75) is 46.1 Å². The van der Waals surface area contributed by atoms with Crippen LogP contribution in [-0.4, -0.2) is 23.1 Å². The summed E-state index contributed by atoms with van der Waals surface area (Å²) < 4.78 is 0.957. The number of nitrogens with one attached hydrogen (secondary N) is 2. The Labute approximate surface area is 133 Å². The van der Waals surface area contributed by atoms with E-state index in [1.54, 1.807) is 0 Å². The second-order valence-corrected chi connectivity index (χ2v) is 6.01. The quantitative estimate of drug-likeness (QED) is 0.724. The van der Waals surface area contributed by atoms with Crippen LogP contribution in [-0.2, 0) is 4.79 Å². The van der Waals surface area contributed by atoms with Gasteiger partial charge < -0.3 is 15.7 Å². The van der Waals surface area contributed by atoms with Crippen LogP contribution in [0.1, 0.15) is 37.3 Å². The molecule has 0 fully saturated rings. The first-order chi connectivity index (χ1) is 9.83. The maximum Gasteiger partial charge on any atom is 0.319 e. The van der Waals surface area contributed by atoms with Crippen LogP contribution in [0.4, 0.5) is 10.5 Å². The summed E-state index contributed by atoms with van der Waals surface area (Å²) in [5, 5.41) is 14.4. The van der Waals surface area contributed by atoms with Gasteiger partial charge in [-0.05, 0) is 43.5 Å². The molecule has 1 rings (SSSR count). The van der Waals surface area contributed by atoms with Crippen molar-refractivity contribution in [2.75, 3.05) is 5.32 Å². The Bertz CT molecular complexity index is 509. The van der Waals surface area contributed by atoms with Gasteiger partial charge in [0.05, 0.1) is 6.42 Å². The Kier molecular flexibility index (Phi) is 6.68. The van der Waals surface area contributed by atoms with Gasteiger partial charge in [-0.15, -0.1) is 0 Å². The van der Waals surface area contributed by atoms with E-state index in [1.807, 2.05) is 32.9 Å². The third-order valence-electron chi connectivity index (χ3n) is 3.13. The van der Waals surface area contributed by atoms with Crippen LogP contribution in [0.25, 0.3) is 0 Å². The number of rotatable bonds is 6. The predicted octanol–water partition coefficient (Wildman–Crippen LogP) is 3.83. The standard InChI is InChI=1S/C15H21BrN2O3/c1-4-5-12(8-13(19)20)17-15(21)18-14-9(2)6-11(16)7-10(14)3/h6-7,12H,4-5,8H2,1-3H3,(H,19,20)(H2,17,18,21). The monoisotopic (exact) mass is 356 g/mol. The first kappa shape index (κ1) is 17.5. The van der Waals surface area contributed by atoms with Gasteiger partial charge in [-0.25, -0.2) is 4.79 Å². The fourth-order valence-corrected chi connectivity index (χ4v) is 2.91. The van der Waals surface area contributed by atoms with Gasteiger partial charge in [0.1, 0.15) is 0 Å². The van der Waals surface area contributed by atoms with Crippen molar-refractivity contribution < 1.29 is 14.7 Å². The van der Waals surface area contributed by atoms with Gasteiger partial charge in [-0.3, -0.25) is 4.79 Å². The van der Waals surface area contributed by atoms with Crippen LogP contribution in [0.15, 0.2) is 16.6 Å². The summed E-state index contributed by atoms with van der Waals surface area (Å²) in [6.45, 7) is 5.78. The molecule has 0 saturated heterocycles. The molecule has 0 saturated carbocycles. The maximum atomic E-state index is 12.0. The number of aryl methyl sites for hydroxylation is 2. The summed E-state index contributed by atoms with van der Waals surface area (Å²) in [6.07, 6.45) is 1.38. The van der Waals surface area contributed by atoms with Crippen molar-refractivity contribution in [1.82, 2.24) is 5.32 Å². The molecule has 0 aliphatic rings. The van der Waals surface area contributed by atoms with E-state index in [0.29, 0.717) is 6.42 Å². The molecule has 116 valence electrons. The fraction of sp³-hybridized carbons (Fsp3) is 0.467. The van der Waals surface area contributed by atoms with E-state index < -0.39 is 5.97 Å². The summed E-state index contributed by atoms with van der Waals surface area (Å²) in [4.78, 5) is 22.8. The molecule has 0 bridgehead atoms. The molecule has 5 nitrogen and oxygen atoms in total. The molecule has 0 spiro atoms. The van der Waals surface area contributed by atoms with E-state index in [1.165, 1.54) is 0 Å². The summed E-state index contributed by atoms with van der Waals surface area (Å²) in [7, 11) is 0. The van der Waals surface area contributed by atoms with Crippen molar-refractivity contribution in [2.24, 2.45) is 0 Å². The van der Waals surface area contributed by atoms with Crippen LogP contribution in [0.5, 0.6) is 0 Å². The van der Waals surface area contributed by atoms with Gasteiger partial charge in [0.15, 0.2) is 0 Å². The summed E-state index contributed by atoms with van der Waals surface area (Å²) >= 11 is 3.41. The third kappa shape index (κ3) is 5.75. The number of carboxylic acid groups (broad SMARTS) is 1. The number of hydrogen-bond donors (Lipinski definition) is 3. The van der Waals surface area contributed by atoms with Gasteiger partial charge in [0.2, 0.25) is 0 Å². The molecule has 21 heavy (non-hydrogen) atoms. The average Bonchev–Trinajstić information content (AvgIpc) is 2.33. The normalized spacial score (nSPS) is 11.8. The largest absolute Gasteiger partial charge is 0.481 e. The number of carboxylic acids is 1. The second-order valence-electron chi connectivity index (χ2n) is 5.10. The molecule has 0 radical (unpaired) electrons. The van der Waals surface area contributed by atoms with Crippen LogP contribution in [0.3, 0.4) is 0 Å². The predicted molar refractivity (Wildman–Crippen MR) is 86.7 cm³/mol. The number of aliphatic carboxylic acids is 1. The number of carbonyl (C=O) groups is 2. The SMILES string of the molecule is CCCC(CC(=O)O)NC(=O)Nc1c(C)cc(Br)cc1C. The Morgan fingerprint density at radius 1 is 1.29 bits per heavy atom. The first-order valence-corrected chi connectivity index (χ1v) is 7.68. The van der Waals surface area contributed by atoms with E-state index in [2.05, 4.69) is 26.6 Å². The molecular formula is C15H21BrN2O3. The Morgan fingerprint density at radius 2 is 1.86 bits per heavy atom. The van der Waals surface area contributed by atoms with Crippen LogP contribution in [0.2, 0.25) is 0 Å². The highest BCUT2D eigenvalue weighted by Gasteiger charge is 2.16. The van der Waals surface area contributed by atoms with Gasteiger partial charge >= 0.3 is 12.0 Å². The van der Waals surface area contributed by atoms with Crippen molar-refractivity contribution in [3.05, 3.63) is 27.7 Å². The molecule has 3 N–H and O–H groups in total. The van der Waals surface area contributed by atoms with Crippen molar-refractivity contribution >= 4 is 33.6 Å². The summed E-state index contributed by atoms with van der Waals surface area (Å²) in [5.74, 6) is -0.912. The van der Waals surface area contributed by atoms with Gasteiger partial charge in [0.25, 0.3) is 0 Å². The Hall–Kier alpha value is -1.56. The van der Waals surface area contributed by atoms with Crippen LogP contribution in [0, 0.1) is 13.8 Å². The van der Waals surface area contributed by atoms with Gasteiger partial charge in [-0.1, -0.05) is 29.3 Å². The Balaban J connectivity index is 2.74. The molecule has 1 aromatic carbocycles. The highest BCUT2D eigenvalue weighted by molar-refractivity contribution is 9.10. The van der Waals surface area contributed by atoms with E-state index in [0.717, 1.165) is 27.7 Å². The first-order valence-electron chi connectivity index (χ1n) is 6.89. The highest BCUT2D eigenvalue weighted by atomic mass is 79.9. The number of amides is 2. The van der Waals surface area contributed by atoms with E-state index in [-0.39, 0.29) is 18.5 Å². The molecule has 1 atom stereocenters.